The summed E-state index contributed by atoms with van der Waals surface area (Å²) < 4.78 is 4.12. The molecule has 3 aromatic rings. The molecular formula is C16H21N5S. The smallest absolute Gasteiger partial charge is 0.193 e. The van der Waals surface area contributed by atoms with Crippen LogP contribution in [0.1, 0.15) is 41.5 Å². The monoisotopic (exact) mass is 315 g/mol. The molecule has 22 heavy (non-hydrogen) atoms. The molecule has 0 aliphatic carbocycles. The van der Waals surface area contributed by atoms with Gasteiger partial charge in [-0.1, -0.05) is 0 Å². The average molecular weight is 315 g/mol. The predicted molar refractivity (Wildman–Crippen MR) is 88.1 cm³/mol. The highest BCUT2D eigenvalue weighted by atomic mass is 32.1. The van der Waals surface area contributed by atoms with Crippen molar-refractivity contribution in [1.82, 2.24) is 24.1 Å². The first kappa shape index (κ1) is 14.0. The molecule has 1 aliphatic heterocycles. The highest BCUT2D eigenvalue weighted by Crippen LogP contribution is 2.36. The Labute approximate surface area is 134 Å². The summed E-state index contributed by atoms with van der Waals surface area (Å²) in [5.74, 6) is 0. The van der Waals surface area contributed by atoms with Gasteiger partial charge in [0.2, 0.25) is 0 Å². The van der Waals surface area contributed by atoms with Crippen LogP contribution in [0.2, 0.25) is 0 Å². The van der Waals surface area contributed by atoms with Crippen LogP contribution >= 0.6 is 11.3 Å². The Morgan fingerprint density at radius 3 is 2.95 bits per heavy atom. The lowest BCUT2D eigenvalue weighted by Crippen LogP contribution is -2.23. The summed E-state index contributed by atoms with van der Waals surface area (Å²) in [6.45, 7) is 6.38. The van der Waals surface area contributed by atoms with Crippen LogP contribution in [0.3, 0.4) is 0 Å². The van der Waals surface area contributed by atoms with Crippen LogP contribution in [-0.2, 0) is 13.6 Å². The summed E-state index contributed by atoms with van der Waals surface area (Å²) >= 11 is 1.69. The van der Waals surface area contributed by atoms with Gasteiger partial charge >= 0.3 is 0 Å². The zero-order chi connectivity index (χ0) is 15.3. The Balaban J connectivity index is 1.62. The van der Waals surface area contributed by atoms with E-state index in [1.807, 2.05) is 11.7 Å². The third kappa shape index (κ3) is 2.18. The molecule has 5 nitrogen and oxygen atoms in total. The van der Waals surface area contributed by atoms with Gasteiger partial charge in [0.15, 0.2) is 4.96 Å². The van der Waals surface area contributed by atoms with Crippen molar-refractivity contribution in [3.05, 3.63) is 40.4 Å². The molecular weight excluding hydrogens is 294 g/mol. The van der Waals surface area contributed by atoms with Crippen molar-refractivity contribution < 1.29 is 0 Å². The highest BCUT2D eigenvalue weighted by molar-refractivity contribution is 7.15. The highest BCUT2D eigenvalue weighted by Gasteiger charge is 2.30. The molecule has 0 amide bonds. The van der Waals surface area contributed by atoms with Crippen molar-refractivity contribution in [2.75, 3.05) is 6.54 Å². The maximum Gasteiger partial charge on any atom is 0.193 e. The first-order valence-corrected chi connectivity index (χ1v) is 8.66. The zero-order valence-corrected chi connectivity index (χ0v) is 14.1. The quantitative estimate of drug-likeness (QED) is 0.745. The Morgan fingerprint density at radius 2 is 2.23 bits per heavy atom. The van der Waals surface area contributed by atoms with Crippen molar-refractivity contribution in [2.45, 2.75) is 39.3 Å². The van der Waals surface area contributed by atoms with Gasteiger partial charge < -0.3 is 0 Å². The van der Waals surface area contributed by atoms with E-state index in [2.05, 4.69) is 46.0 Å². The number of hydrogen-bond acceptors (Lipinski definition) is 4. The first-order valence-electron chi connectivity index (χ1n) is 7.78. The lowest BCUT2D eigenvalue weighted by molar-refractivity contribution is 0.244. The van der Waals surface area contributed by atoms with Crippen molar-refractivity contribution in [3.63, 3.8) is 0 Å². The third-order valence-corrected chi connectivity index (χ3v) is 5.54. The molecule has 0 aromatic carbocycles. The molecule has 116 valence electrons. The molecule has 6 heteroatoms. The van der Waals surface area contributed by atoms with E-state index >= 15 is 0 Å². The van der Waals surface area contributed by atoms with Gasteiger partial charge in [-0.3, -0.25) is 14.0 Å². The second-order valence-electron chi connectivity index (χ2n) is 6.16. The van der Waals surface area contributed by atoms with E-state index in [4.69, 9.17) is 4.98 Å². The van der Waals surface area contributed by atoms with Crippen molar-refractivity contribution in [3.8, 4) is 0 Å². The number of thiazole rings is 1. The summed E-state index contributed by atoms with van der Waals surface area (Å²) in [6.07, 6.45) is 6.70. The number of likely N-dealkylation sites (tertiary alicyclic amines) is 1. The number of fused-ring (bicyclic) bond motifs is 1. The van der Waals surface area contributed by atoms with Crippen LogP contribution in [0.5, 0.6) is 0 Å². The normalized spacial score (nSPS) is 19.5. The van der Waals surface area contributed by atoms with Crippen LogP contribution in [0, 0.1) is 13.8 Å². The second kappa shape index (κ2) is 5.21. The zero-order valence-electron chi connectivity index (χ0n) is 13.3. The fourth-order valence-electron chi connectivity index (χ4n) is 3.67. The Bertz CT molecular complexity index is 783. The Kier molecular flexibility index (Phi) is 3.31. The molecule has 4 heterocycles. The molecule has 0 N–H and O–H groups in total. The number of rotatable bonds is 3. The molecule has 0 spiro atoms. The maximum atomic E-state index is 4.73. The van der Waals surface area contributed by atoms with Crippen molar-refractivity contribution in [2.24, 2.45) is 7.05 Å². The van der Waals surface area contributed by atoms with Gasteiger partial charge in [-0.15, -0.1) is 11.3 Å². The van der Waals surface area contributed by atoms with E-state index in [-0.39, 0.29) is 0 Å². The van der Waals surface area contributed by atoms with Gasteiger partial charge in [0.25, 0.3) is 0 Å². The van der Waals surface area contributed by atoms with E-state index in [9.17, 15) is 0 Å². The maximum absolute atomic E-state index is 4.73. The molecule has 0 saturated carbocycles. The second-order valence-corrected chi connectivity index (χ2v) is 7.03. The van der Waals surface area contributed by atoms with Gasteiger partial charge in [0, 0.05) is 48.7 Å². The Hall–Kier alpha value is -1.66. The number of nitrogens with zero attached hydrogens (tertiary/aromatic N) is 5. The molecule has 0 bridgehead atoms. The molecule has 4 rings (SSSR count). The van der Waals surface area contributed by atoms with Crippen molar-refractivity contribution in [1.29, 1.82) is 0 Å². The fraction of sp³-hybridized carbons (Fsp3) is 0.500. The SMILES string of the molecule is Cc1nn(C)c(C)c1[C@H]1CCCN1Cc1cn2ccsc2n1. The van der Waals surface area contributed by atoms with Crippen LogP contribution in [0.15, 0.2) is 17.8 Å². The standard InChI is InChI=1S/C16H21N5S/c1-11-15(12(2)19(3)18-11)14-5-4-6-20(14)9-13-10-21-7-8-22-16(21)17-13/h7-8,10,14H,4-6,9H2,1-3H3/t14-/m1/s1. The van der Waals surface area contributed by atoms with Crippen LogP contribution < -0.4 is 0 Å². The lowest BCUT2D eigenvalue weighted by Gasteiger charge is -2.24. The number of aryl methyl sites for hydroxylation is 2. The number of aromatic nitrogens is 4. The molecule has 3 aromatic heterocycles. The molecule has 0 radical (unpaired) electrons. The van der Waals surface area contributed by atoms with Gasteiger partial charge in [0.05, 0.1) is 11.4 Å². The average Bonchev–Trinajstić information content (AvgIpc) is 3.18. The summed E-state index contributed by atoms with van der Waals surface area (Å²) in [7, 11) is 2.04. The van der Waals surface area contributed by atoms with Gasteiger partial charge in [0.1, 0.15) is 0 Å². The summed E-state index contributed by atoms with van der Waals surface area (Å²) in [6, 6.07) is 0.480. The van der Waals surface area contributed by atoms with E-state index in [0.29, 0.717) is 6.04 Å². The van der Waals surface area contributed by atoms with E-state index < -0.39 is 0 Å². The van der Waals surface area contributed by atoms with Crippen LogP contribution in [0.4, 0.5) is 0 Å². The molecule has 1 fully saturated rings. The Morgan fingerprint density at radius 1 is 1.36 bits per heavy atom. The van der Waals surface area contributed by atoms with Crippen LogP contribution in [-0.4, -0.2) is 30.6 Å². The molecule has 0 unspecified atom stereocenters. The fourth-order valence-corrected chi connectivity index (χ4v) is 4.39. The number of imidazole rings is 1. The van der Waals surface area contributed by atoms with E-state index in [1.165, 1.54) is 29.8 Å². The van der Waals surface area contributed by atoms with Crippen molar-refractivity contribution >= 4 is 16.3 Å². The molecule has 1 saturated heterocycles. The topological polar surface area (TPSA) is 38.4 Å². The summed E-state index contributed by atoms with van der Waals surface area (Å²) in [4.78, 5) is 8.38. The van der Waals surface area contributed by atoms with Gasteiger partial charge in [-0.25, -0.2) is 4.98 Å². The minimum atomic E-state index is 0.480. The largest absolute Gasteiger partial charge is 0.297 e. The van der Waals surface area contributed by atoms with Crippen LogP contribution in [0.25, 0.3) is 4.96 Å². The summed E-state index contributed by atoms with van der Waals surface area (Å²) in [5, 5.41) is 6.67. The van der Waals surface area contributed by atoms with E-state index in [0.717, 1.165) is 23.7 Å². The minimum absolute atomic E-state index is 0.480. The lowest BCUT2D eigenvalue weighted by atomic mass is 10.0. The predicted octanol–water partition coefficient (Wildman–Crippen LogP) is 3.08. The third-order valence-electron chi connectivity index (χ3n) is 4.77. The molecule has 1 aliphatic rings. The minimum Gasteiger partial charge on any atom is -0.297 e. The first-order chi connectivity index (χ1) is 10.6. The molecule has 1 atom stereocenters. The summed E-state index contributed by atoms with van der Waals surface area (Å²) in [5.41, 5.74) is 5.04. The van der Waals surface area contributed by atoms with Gasteiger partial charge in [-0.2, -0.15) is 5.10 Å². The van der Waals surface area contributed by atoms with E-state index in [1.54, 1.807) is 11.3 Å². The number of hydrogen-bond donors (Lipinski definition) is 0. The van der Waals surface area contributed by atoms with Gasteiger partial charge in [-0.05, 0) is 33.2 Å².